The maximum Gasteiger partial charge on any atom is 0.268 e. The fraction of sp³-hybridized carbons (Fsp3) is 0.450. The summed E-state index contributed by atoms with van der Waals surface area (Å²) in [5.41, 5.74) is 3.66. The van der Waals surface area contributed by atoms with Crippen LogP contribution in [-0.2, 0) is 19.3 Å². The molecule has 2 aromatic rings. The number of hydrogen-bond acceptors (Lipinski definition) is 3. The van der Waals surface area contributed by atoms with Crippen molar-refractivity contribution in [3.8, 4) is 5.75 Å². The molecule has 1 atom stereocenters. The van der Waals surface area contributed by atoms with Gasteiger partial charge in [-0.05, 0) is 73.4 Å². The highest BCUT2D eigenvalue weighted by Crippen LogP contribution is 2.35. The lowest BCUT2D eigenvalue weighted by molar-refractivity contribution is 0.0989. The quantitative estimate of drug-likeness (QED) is 0.806. The first-order chi connectivity index (χ1) is 11.7. The van der Waals surface area contributed by atoms with Gasteiger partial charge in [0.2, 0.25) is 0 Å². The first-order valence-electron chi connectivity index (χ1n) is 8.76. The zero-order valence-electron chi connectivity index (χ0n) is 14.3. The van der Waals surface area contributed by atoms with Crippen LogP contribution in [0.3, 0.4) is 0 Å². The molecular formula is C20H23NO2S. The van der Waals surface area contributed by atoms with Gasteiger partial charge in [-0.2, -0.15) is 0 Å². The van der Waals surface area contributed by atoms with Crippen LogP contribution in [0.25, 0.3) is 0 Å². The zero-order valence-corrected chi connectivity index (χ0v) is 15.1. The molecule has 4 heteroatoms. The van der Waals surface area contributed by atoms with Gasteiger partial charge in [-0.15, -0.1) is 11.3 Å². The highest BCUT2D eigenvalue weighted by Gasteiger charge is 2.27. The SMILES string of the molecule is COc1ccc2c(c1)CCCN2C(=O)c1cc2c(s1)CCC(C)C2. The molecular weight excluding hydrogens is 318 g/mol. The van der Waals surface area contributed by atoms with Crippen molar-refractivity contribution in [2.75, 3.05) is 18.6 Å². The van der Waals surface area contributed by atoms with Crippen LogP contribution in [0.1, 0.15) is 45.4 Å². The van der Waals surface area contributed by atoms with Crippen molar-refractivity contribution >= 4 is 22.9 Å². The number of fused-ring (bicyclic) bond motifs is 2. The molecule has 2 heterocycles. The van der Waals surface area contributed by atoms with Gasteiger partial charge in [0.1, 0.15) is 5.75 Å². The van der Waals surface area contributed by atoms with E-state index in [-0.39, 0.29) is 5.91 Å². The molecule has 0 bridgehead atoms. The van der Waals surface area contributed by atoms with Gasteiger partial charge in [-0.3, -0.25) is 4.79 Å². The third-order valence-electron chi connectivity index (χ3n) is 5.19. The number of aryl methyl sites for hydroxylation is 2. The summed E-state index contributed by atoms with van der Waals surface area (Å²) in [4.78, 5) is 17.4. The average Bonchev–Trinajstić information content (AvgIpc) is 3.03. The van der Waals surface area contributed by atoms with Crippen LogP contribution in [-0.4, -0.2) is 19.6 Å². The predicted molar refractivity (Wildman–Crippen MR) is 98.5 cm³/mol. The summed E-state index contributed by atoms with van der Waals surface area (Å²) in [5.74, 6) is 1.76. The van der Waals surface area contributed by atoms with Crippen LogP contribution in [0.5, 0.6) is 5.75 Å². The number of amides is 1. The number of carbonyl (C=O) groups is 1. The van der Waals surface area contributed by atoms with Crippen molar-refractivity contribution in [2.24, 2.45) is 5.92 Å². The Balaban J connectivity index is 1.64. The molecule has 0 saturated carbocycles. The largest absolute Gasteiger partial charge is 0.497 e. The lowest BCUT2D eigenvalue weighted by atomic mass is 9.90. The van der Waals surface area contributed by atoms with Gasteiger partial charge in [0.15, 0.2) is 0 Å². The standard InChI is InChI=1S/C20H23NO2S/c1-13-5-8-18-15(10-13)12-19(24-18)20(22)21-9-3-4-14-11-16(23-2)6-7-17(14)21/h6-7,11-13H,3-5,8-10H2,1-2H3. The summed E-state index contributed by atoms with van der Waals surface area (Å²) in [5, 5.41) is 0. The third kappa shape index (κ3) is 2.73. The van der Waals surface area contributed by atoms with Crippen LogP contribution in [0, 0.1) is 5.92 Å². The van der Waals surface area contributed by atoms with Crippen molar-refractivity contribution in [1.82, 2.24) is 0 Å². The average molecular weight is 341 g/mol. The minimum Gasteiger partial charge on any atom is -0.497 e. The van der Waals surface area contributed by atoms with Crippen molar-refractivity contribution in [1.29, 1.82) is 0 Å². The number of methoxy groups -OCH3 is 1. The molecule has 0 saturated heterocycles. The second-order valence-electron chi connectivity index (χ2n) is 6.96. The third-order valence-corrected chi connectivity index (χ3v) is 6.42. The second kappa shape index (κ2) is 6.25. The Morgan fingerprint density at radius 3 is 2.96 bits per heavy atom. The van der Waals surface area contributed by atoms with Crippen LogP contribution in [0.2, 0.25) is 0 Å². The maximum atomic E-state index is 13.1. The van der Waals surface area contributed by atoms with E-state index < -0.39 is 0 Å². The molecule has 1 aromatic heterocycles. The van der Waals surface area contributed by atoms with E-state index in [1.165, 1.54) is 22.4 Å². The van der Waals surface area contributed by atoms with E-state index in [2.05, 4.69) is 19.1 Å². The molecule has 1 aliphatic carbocycles. The highest BCUT2D eigenvalue weighted by molar-refractivity contribution is 7.14. The molecule has 0 radical (unpaired) electrons. The van der Waals surface area contributed by atoms with Crippen LogP contribution in [0.15, 0.2) is 24.3 Å². The Labute approximate surface area is 147 Å². The fourth-order valence-electron chi connectivity index (χ4n) is 3.86. The molecule has 0 spiro atoms. The smallest absolute Gasteiger partial charge is 0.268 e. The fourth-order valence-corrected chi connectivity index (χ4v) is 5.01. The minimum atomic E-state index is 0.160. The van der Waals surface area contributed by atoms with Crippen LogP contribution in [0.4, 0.5) is 5.69 Å². The number of rotatable bonds is 2. The van der Waals surface area contributed by atoms with E-state index in [9.17, 15) is 4.79 Å². The minimum absolute atomic E-state index is 0.160. The van der Waals surface area contributed by atoms with Gasteiger partial charge < -0.3 is 9.64 Å². The van der Waals surface area contributed by atoms with E-state index in [0.29, 0.717) is 0 Å². The summed E-state index contributed by atoms with van der Waals surface area (Å²) < 4.78 is 5.32. The van der Waals surface area contributed by atoms with Crippen molar-refractivity contribution in [3.63, 3.8) is 0 Å². The molecule has 126 valence electrons. The van der Waals surface area contributed by atoms with Gasteiger partial charge >= 0.3 is 0 Å². The molecule has 1 aliphatic heterocycles. The highest BCUT2D eigenvalue weighted by atomic mass is 32.1. The Hall–Kier alpha value is -1.81. The Bertz CT molecular complexity index is 780. The number of anilines is 1. The normalized spacial score (nSPS) is 19.6. The molecule has 3 nitrogen and oxygen atoms in total. The van der Waals surface area contributed by atoms with Crippen LogP contribution >= 0.6 is 11.3 Å². The molecule has 1 unspecified atom stereocenters. The lowest BCUT2D eigenvalue weighted by Gasteiger charge is -2.29. The maximum absolute atomic E-state index is 13.1. The Kier molecular flexibility index (Phi) is 4.09. The van der Waals surface area contributed by atoms with Crippen LogP contribution < -0.4 is 9.64 Å². The first kappa shape index (κ1) is 15.7. The van der Waals surface area contributed by atoms with Gasteiger partial charge in [-0.25, -0.2) is 0 Å². The number of carbonyl (C=O) groups excluding carboxylic acids is 1. The molecule has 2 aliphatic rings. The Morgan fingerprint density at radius 1 is 1.25 bits per heavy atom. The van der Waals surface area contributed by atoms with Crippen molar-refractivity contribution in [3.05, 3.63) is 45.1 Å². The number of nitrogens with zero attached hydrogens (tertiary/aromatic N) is 1. The zero-order chi connectivity index (χ0) is 16.7. The van der Waals surface area contributed by atoms with E-state index in [1.54, 1.807) is 18.4 Å². The van der Waals surface area contributed by atoms with Gasteiger partial charge in [0.05, 0.1) is 12.0 Å². The second-order valence-corrected chi connectivity index (χ2v) is 8.10. The molecule has 0 fully saturated rings. The first-order valence-corrected chi connectivity index (χ1v) is 9.57. The van der Waals surface area contributed by atoms with Gasteiger partial charge in [-0.1, -0.05) is 6.92 Å². The monoisotopic (exact) mass is 341 g/mol. The molecule has 4 rings (SSSR count). The van der Waals surface area contributed by atoms with Crippen molar-refractivity contribution in [2.45, 2.75) is 39.0 Å². The number of benzene rings is 1. The van der Waals surface area contributed by atoms with Crippen molar-refractivity contribution < 1.29 is 9.53 Å². The molecule has 0 N–H and O–H groups in total. The molecule has 24 heavy (non-hydrogen) atoms. The number of ether oxygens (including phenoxy) is 1. The summed E-state index contributed by atoms with van der Waals surface area (Å²) in [6.07, 6.45) is 5.51. The van der Waals surface area contributed by atoms with E-state index in [4.69, 9.17) is 4.74 Å². The Morgan fingerprint density at radius 2 is 2.12 bits per heavy atom. The number of hydrogen-bond donors (Lipinski definition) is 0. The lowest BCUT2D eigenvalue weighted by Crippen LogP contribution is -2.35. The molecule has 1 amide bonds. The molecule has 1 aromatic carbocycles. The summed E-state index contributed by atoms with van der Waals surface area (Å²) in [6, 6.07) is 8.19. The van der Waals surface area contributed by atoms with Gasteiger partial charge in [0.25, 0.3) is 5.91 Å². The van der Waals surface area contributed by atoms with E-state index in [0.717, 1.165) is 54.5 Å². The van der Waals surface area contributed by atoms with E-state index in [1.807, 2.05) is 17.0 Å². The van der Waals surface area contributed by atoms with E-state index >= 15 is 0 Å². The van der Waals surface area contributed by atoms with Gasteiger partial charge in [0, 0.05) is 17.1 Å². The summed E-state index contributed by atoms with van der Waals surface area (Å²) >= 11 is 1.71. The number of thiophene rings is 1. The predicted octanol–water partition coefficient (Wildman–Crippen LogP) is 4.47. The summed E-state index contributed by atoms with van der Waals surface area (Å²) in [7, 11) is 1.69. The topological polar surface area (TPSA) is 29.5 Å². The summed E-state index contributed by atoms with van der Waals surface area (Å²) in [6.45, 7) is 3.10.